The molecule has 20 heavy (non-hydrogen) atoms. The molecule has 0 saturated carbocycles. The van der Waals surface area contributed by atoms with Crippen molar-refractivity contribution in [2.24, 2.45) is 0 Å². The number of hydrogen-bond acceptors (Lipinski definition) is 3. The molecule has 1 N–H and O–H groups in total. The van der Waals surface area contributed by atoms with Crippen molar-refractivity contribution in [3.8, 4) is 0 Å². The Bertz CT molecular complexity index is 459. The number of aliphatic hydroxyl groups is 1. The van der Waals surface area contributed by atoms with Gasteiger partial charge in [-0.05, 0) is 34.1 Å². The number of halogens is 4. The van der Waals surface area contributed by atoms with Gasteiger partial charge >= 0.3 is 6.18 Å². The van der Waals surface area contributed by atoms with Crippen LogP contribution in [0.3, 0.4) is 0 Å². The molecule has 0 bridgehead atoms. The molecule has 1 aliphatic rings. The maximum atomic E-state index is 12.6. The van der Waals surface area contributed by atoms with Gasteiger partial charge < -0.3 is 10.0 Å². The summed E-state index contributed by atoms with van der Waals surface area (Å²) >= 11 is 3.23. The first-order chi connectivity index (χ1) is 9.41. The monoisotopic (exact) mass is 352 g/mol. The van der Waals surface area contributed by atoms with Gasteiger partial charge in [0.25, 0.3) is 0 Å². The van der Waals surface area contributed by atoms with Gasteiger partial charge in [0.15, 0.2) is 0 Å². The summed E-state index contributed by atoms with van der Waals surface area (Å²) in [6.45, 7) is 3.85. The summed E-state index contributed by atoms with van der Waals surface area (Å²) in [5, 5.41) is 8.88. The highest BCUT2D eigenvalue weighted by molar-refractivity contribution is 9.10. The molecule has 1 heterocycles. The topological polar surface area (TPSA) is 26.7 Å². The summed E-state index contributed by atoms with van der Waals surface area (Å²) in [5.74, 6) is 0. The third kappa shape index (κ3) is 3.65. The van der Waals surface area contributed by atoms with Crippen LogP contribution in [0.2, 0.25) is 0 Å². The second-order valence-electron chi connectivity index (χ2n) is 4.72. The maximum absolute atomic E-state index is 12.6. The van der Waals surface area contributed by atoms with Gasteiger partial charge in [-0.2, -0.15) is 13.2 Å². The molecular formula is C13H16BrF3N2O. The fourth-order valence-electron chi connectivity index (χ4n) is 2.29. The molecule has 0 aromatic heterocycles. The summed E-state index contributed by atoms with van der Waals surface area (Å²) in [6, 6.07) is 3.74. The van der Waals surface area contributed by atoms with Gasteiger partial charge in [-0.15, -0.1) is 0 Å². The Hall–Kier alpha value is -0.790. The van der Waals surface area contributed by atoms with Crippen LogP contribution in [0, 0.1) is 0 Å². The summed E-state index contributed by atoms with van der Waals surface area (Å²) in [5.41, 5.74) is 0.133. The van der Waals surface area contributed by atoms with Crippen molar-refractivity contribution >= 4 is 21.6 Å². The molecule has 1 aliphatic heterocycles. The largest absolute Gasteiger partial charge is 0.416 e. The molecular weight excluding hydrogens is 337 g/mol. The molecule has 1 saturated heterocycles. The van der Waals surface area contributed by atoms with E-state index in [1.807, 2.05) is 0 Å². The van der Waals surface area contributed by atoms with Gasteiger partial charge in [0.2, 0.25) is 0 Å². The van der Waals surface area contributed by atoms with Crippen molar-refractivity contribution in [1.82, 2.24) is 4.90 Å². The molecule has 0 spiro atoms. The molecule has 1 fully saturated rings. The van der Waals surface area contributed by atoms with E-state index in [4.69, 9.17) is 5.11 Å². The summed E-state index contributed by atoms with van der Waals surface area (Å²) in [4.78, 5) is 4.19. The van der Waals surface area contributed by atoms with Crippen LogP contribution in [0.5, 0.6) is 0 Å². The van der Waals surface area contributed by atoms with Crippen molar-refractivity contribution in [3.05, 3.63) is 28.2 Å². The molecule has 112 valence electrons. The van der Waals surface area contributed by atoms with Gasteiger partial charge in [-0.3, -0.25) is 4.90 Å². The lowest BCUT2D eigenvalue weighted by atomic mass is 10.1. The fraction of sp³-hybridized carbons (Fsp3) is 0.538. The molecule has 0 unspecified atom stereocenters. The van der Waals surface area contributed by atoms with E-state index >= 15 is 0 Å². The van der Waals surface area contributed by atoms with Crippen LogP contribution in [0.1, 0.15) is 5.56 Å². The average Bonchev–Trinajstić information content (AvgIpc) is 2.39. The van der Waals surface area contributed by atoms with E-state index in [-0.39, 0.29) is 6.61 Å². The predicted molar refractivity (Wildman–Crippen MR) is 74.9 cm³/mol. The maximum Gasteiger partial charge on any atom is 0.416 e. The van der Waals surface area contributed by atoms with Gasteiger partial charge in [0.05, 0.1) is 17.9 Å². The summed E-state index contributed by atoms with van der Waals surface area (Å²) in [7, 11) is 0. The highest BCUT2D eigenvalue weighted by Crippen LogP contribution is 2.35. The second kappa shape index (κ2) is 6.32. The normalized spacial score (nSPS) is 17.6. The standard InChI is InChI=1S/C13H16BrF3N2O/c14-11-9-10(13(15,16)17)1-2-12(11)19-5-3-18(4-6-19)7-8-20/h1-2,9,20H,3-8H2. The molecule has 2 rings (SSSR count). The number of β-amino-alcohol motifs (C(OH)–C–C–N with tert-alkyl or cyclic N) is 1. The Morgan fingerprint density at radius 3 is 2.30 bits per heavy atom. The van der Waals surface area contributed by atoms with Crippen molar-refractivity contribution in [2.45, 2.75) is 6.18 Å². The van der Waals surface area contributed by atoms with E-state index in [0.717, 1.165) is 44.0 Å². The second-order valence-corrected chi connectivity index (χ2v) is 5.57. The first-order valence-corrected chi connectivity index (χ1v) is 7.16. The average molecular weight is 353 g/mol. The molecule has 0 aliphatic carbocycles. The molecule has 3 nitrogen and oxygen atoms in total. The molecule has 1 aromatic rings. The quantitative estimate of drug-likeness (QED) is 0.905. The molecule has 0 radical (unpaired) electrons. The van der Waals surface area contributed by atoms with Crippen LogP contribution in [-0.2, 0) is 6.18 Å². The van der Waals surface area contributed by atoms with Crippen LogP contribution in [0.25, 0.3) is 0 Å². The first-order valence-electron chi connectivity index (χ1n) is 6.36. The Kier molecular flexibility index (Phi) is 4.93. The number of benzene rings is 1. The predicted octanol–water partition coefficient (Wildman–Crippen LogP) is 2.58. The molecule has 0 amide bonds. The van der Waals surface area contributed by atoms with Gasteiger partial charge in [0.1, 0.15) is 0 Å². The Morgan fingerprint density at radius 2 is 1.80 bits per heavy atom. The number of aliphatic hydroxyl groups excluding tert-OH is 1. The zero-order chi connectivity index (χ0) is 14.8. The van der Waals surface area contributed by atoms with Crippen LogP contribution in [-0.4, -0.2) is 49.3 Å². The van der Waals surface area contributed by atoms with E-state index in [1.54, 1.807) is 0 Å². The highest BCUT2D eigenvalue weighted by atomic mass is 79.9. The number of piperazine rings is 1. The number of rotatable bonds is 3. The fourth-order valence-corrected chi connectivity index (χ4v) is 2.92. The van der Waals surface area contributed by atoms with Crippen molar-refractivity contribution in [3.63, 3.8) is 0 Å². The van der Waals surface area contributed by atoms with E-state index in [2.05, 4.69) is 25.7 Å². The minimum atomic E-state index is -4.32. The smallest absolute Gasteiger partial charge is 0.395 e. The Morgan fingerprint density at radius 1 is 1.15 bits per heavy atom. The summed E-state index contributed by atoms with van der Waals surface area (Å²) in [6.07, 6.45) is -4.32. The van der Waals surface area contributed by atoms with E-state index in [0.29, 0.717) is 11.0 Å². The van der Waals surface area contributed by atoms with Crippen molar-refractivity contribution in [1.29, 1.82) is 0 Å². The molecule has 7 heteroatoms. The summed E-state index contributed by atoms with van der Waals surface area (Å²) < 4.78 is 38.3. The van der Waals surface area contributed by atoms with Gasteiger partial charge in [-0.25, -0.2) is 0 Å². The third-order valence-corrected chi connectivity index (χ3v) is 4.04. The van der Waals surface area contributed by atoms with Crippen LogP contribution in [0.4, 0.5) is 18.9 Å². The van der Waals surface area contributed by atoms with Crippen LogP contribution < -0.4 is 4.90 Å². The highest BCUT2D eigenvalue weighted by Gasteiger charge is 2.31. The van der Waals surface area contributed by atoms with Gasteiger partial charge in [-0.1, -0.05) is 0 Å². The molecule has 0 atom stereocenters. The minimum absolute atomic E-state index is 0.129. The Balaban J connectivity index is 2.07. The van der Waals surface area contributed by atoms with Crippen molar-refractivity contribution in [2.75, 3.05) is 44.2 Å². The van der Waals surface area contributed by atoms with E-state index in [9.17, 15) is 13.2 Å². The minimum Gasteiger partial charge on any atom is -0.395 e. The van der Waals surface area contributed by atoms with E-state index < -0.39 is 11.7 Å². The zero-order valence-electron chi connectivity index (χ0n) is 10.8. The first kappa shape index (κ1) is 15.6. The number of anilines is 1. The van der Waals surface area contributed by atoms with Crippen LogP contribution >= 0.6 is 15.9 Å². The lowest BCUT2D eigenvalue weighted by molar-refractivity contribution is -0.137. The number of nitrogens with zero attached hydrogens (tertiary/aromatic N) is 2. The third-order valence-electron chi connectivity index (χ3n) is 3.40. The number of alkyl halides is 3. The lowest BCUT2D eigenvalue weighted by Gasteiger charge is -2.36. The Labute approximate surface area is 124 Å². The lowest BCUT2D eigenvalue weighted by Crippen LogP contribution is -2.47. The van der Waals surface area contributed by atoms with Gasteiger partial charge in [0, 0.05) is 37.2 Å². The van der Waals surface area contributed by atoms with Crippen molar-refractivity contribution < 1.29 is 18.3 Å². The number of hydrogen-bond donors (Lipinski definition) is 1. The zero-order valence-corrected chi connectivity index (χ0v) is 12.4. The van der Waals surface area contributed by atoms with E-state index in [1.165, 1.54) is 6.07 Å². The van der Waals surface area contributed by atoms with Crippen LogP contribution in [0.15, 0.2) is 22.7 Å². The molecule has 1 aromatic carbocycles. The SMILES string of the molecule is OCCN1CCN(c2ccc(C(F)(F)F)cc2Br)CC1.